The van der Waals surface area contributed by atoms with Crippen LogP contribution in [0.25, 0.3) is 0 Å². The average molecular weight is 400 g/mol. The molecule has 0 heterocycles. The van der Waals surface area contributed by atoms with Crippen molar-refractivity contribution in [2.24, 2.45) is 0 Å². The van der Waals surface area contributed by atoms with E-state index >= 15 is 0 Å². The molecule has 0 saturated carbocycles. The van der Waals surface area contributed by atoms with Gasteiger partial charge in [-0.3, -0.25) is 4.79 Å². The SMILES string of the molecule is CCCCCCCCCCCC(=O)N(C)[C@@H](C)C(=O)[O-].OCC(O)CO.[Na+]. The molecule has 0 rings (SSSR count). The second-order valence-electron chi connectivity index (χ2n) is 6.60. The summed E-state index contributed by atoms with van der Waals surface area (Å²) in [6.07, 6.45) is 10.3. The maximum absolute atomic E-state index is 11.7. The van der Waals surface area contributed by atoms with Crippen LogP contribution in [-0.4, -0.2) is 64.5 Å². The predicted molar refractivity (Wildman–Crippen MR) is 99.3 cm³/mol. The van der Waals surface area contributed by atoms with Gasteiger partial charge in [0.05, 0.1) is 25.2 Å². The summed E-state index contributed by atoms with van der Waals surface area (Å²) in [5.74, 6) is -1.31. The van der Waals surface area contributed by atoms with Crippen LogP contribution < -0.4 is 34.7 Å². The third-order valence-electron chi connectivity index (χ3n) is 4.23. The molecule has 1 atom stereocenters. The second-order valence-corrected chi connectivity index (χ2v) is 6.60. The van der Waals surface area contributed by atoms with Gasteiger partial charge in [0.15, 0.2) is 0 Å². The van der Waals surface area contributed by atoms with Gasteiger partial charge >= 0.3 is 29.6 Å². The molecule has 0 spiro atoms. The number of aliphatic carboxylic acids is 1. The summed E-state index contributed by atoms with van der Waals surface area (Å²) in [4.78, 5) is 23.7. The van der Waals surface area contributed by atoms with Crippen molar-refractivity contribution in [2.75, 3.05) is 20.3 Å². The molecule has 0 aliphatic rings. The summed E-state index contributed by atoms with van der Waals surface area (Å²) in [5, 5.41) is 34.7. The number of aliphatic hydroxyl groups excluding tert-OH is 3. The molecule has 1 amide bonds. The summed E-state index contributed by atoms with van der Waals surface area (Å²) in [7, 11) is 1.52. The van der Waals surface area contributed by atoms with E-state index in [9.17, 15) is 14.7 Å². The Hall–Kier alpha value is -0.180. The Kier molecular flexibility index (Phi) is 25.8. The number of aliphatic hydroxyl groups is 3. The van der Waals surface area contributed by atoms with Crippen molar-refractivity contribution >= 4 is 11.9 Å². The molecule has 0 unspecified atom stereocenters. The van der Waals surface area contributed by atoms with Crippen LogP contribution in [0.3, 0.4) is 0 Å². The van der Waals surface area contributed by atoms with Gasteiger partial charge in [0.25, 0.3) is 0 Å². The molecule has 7 nitrogen and oxygen atoms in total. The van der Waals surface area contributed by atoms with Gasteiger partial charge in [-0.25, -0.2) is 0 Å². The Morgan fingerprint density at radius 1 is 0.926 bits per heavy atom. The van der Waals surface area contributed by atoms with Gasteiger partial charge in [-0.1, -0.05) is 58.3 Å². The predicted octanol–water partition coefficient (Wildman–Crippen LogP) is -2.16. The third kappa shape index (κ3) is 20.4. The van der Waals surface area contributed by atoms with Crippen LogP contribution in [0.5, 0.6) is 0 Å². The molecule has 0 aromatic rings. The van der Waals surface area contributed by atoms with E-state index in [1.165, 1.54) is 63.8 Å². The van der Waals surface area contributed by atoms with Crippen LogP contribution >= 0.6 is 0 Å². The number of carbonyl (C=O) groups excluding carboxylic acids is 2. The smallest absolute Gasteiger partial charge is 0.548 e. The Morgan fingerprint density at radius 3 is 1.67 bits per heavy atom. The molecule has 0 saturated heterocycles. The van der Waals surface area contributed by atoms with Crippen molar-refractivity contribution in [2.45, 2.75) is 90.2 Å². The fourth-order valence-electron chi connectivity index (χ4n) is 2.20. The largest absolute Gasteiger partial charge is 1.00 e. The van der Waals surface area contributed by atoms with E-state index in [4.69, 9.17) is 15.3 Å². The molecule has 0 fully saturated rings. The zero-order valence-corrected chi connectivity index (χ0v) is 19.7. The summed E-state index contributed by atoms with van der Waals surface area (Å²) in [5.41, 5.74) is 0. The second kappa shape index (κ2) is 22.1. The summed E-state index contributed by atoms with van der Waals surface area (Å²) in [6.45, 7) is 2.96. The molecule has 0 aliphatic heterocycles. The number of hydrogen-bond donors (Lipinski definition) is 3. The average Bonchev–Trinajstić information content (AvgIpc) is 2.64. The molecular formula is C19H38NNaO6. The van der Waals surface area contributed by atoms with Crippen molar-refractivity contribution in [3.63, 3.8) is 0 Å². The van der Waals surface area contributed by atoms with Crippen molar-refractivity contribution in [3.05, 3.63) is 0 Å². The molecule has 156 valence electrons. The number of carboxylic acids is 1. The first kappa shape index (κ1) is 31.5. The van der Waals surface area contributed by atoms with Crippen LogP contribution in [0, 0.1) is 0 Å². The first-order valence-electron chi connectivity index (χ1n) is 9.68. The van der Waals surface area contributed by atoms with Crippen LogP contribution in [-0.2, 0) is 9.59 Å². The Labute approximate surface area is 186 Å². The van der Waals surface area contributed by atoms with E-state index in [-0.39, 0.29) is 48.7 Å². The van der Waals surface area contributed by atoms with Gasteiger partial charge < -0.3 is 30.1 Å². The monoisotopic (exact) mass is 399 g/mol. The van der Waals surface area contributed by atoms with Gasteiger partial charge in [-0.15, -0.1) is 0 Å². The maximum Gasteiger partial charge on any atom is 1.00 e. The summed E-state index contributed by atoms with van der Waals surface area (Å²) < 4.78 is 0. The van der Waals surface area contributed by atoms with Crippen molar-refractivity contribution < 1.29 is 59.6 Å². The van der Waals surface area contributed by atoms with Crippen LogP contribution in [0.4, 0.5) is 0 Å². The van der Waals surface area contributed by atoms with E-state index in [2.05, 4.69) is 6.92 Å². The number of amides is 1. The van der Waals surface area contributed by atoms with E-state index in [0.29, 0.717) is 6.42 Å². The number of nitrogens with zero attached hydrogens (tertiary/aromatic N) is 1. The number of likely N-dealkylation sites (N-methyl/N-ethyl adjacent to an activating group) is 1. The molecule has 0 aromatic heterocycles. The topological polar surface area (TPSA) is 121 Å². The number of hydrogen-bond acceptors (Lipinski definition) is 6. The Morgan fingerprint density at radius 2 is 1.33 bits per heavy atom. The van der Waals surface area contributed by atoms with E-state index in [0.717, 1.165) is 12.8 Å². The number of carbonyl (C=O) groups is 2. The fraction of sp³-hybridized carbons (Fsp3) is 0.895. The number of rotatable bonds is 14. The minimum atomic E-state index is -1.20. The summed E-state index contributed by atoms with van der Waals surface area (Å²) in [6, 6.07) is -0.846. The zero-order chi connectivity index (χ0) is 20.4. The molecule has 3 N–H and O–H groups in total. The van der Waals surface area contributed by atoms with E-state index in [1.54, 1.807) is 0 Å². The molecule has 8 heteroatoms. The zero-order valence-electron chi connectivity index (χ0n) is 17.7. The van der Waals surface area contributed by atoms with Crippen molar-refractivity contribution in [1.29, 1.82) is 0 Å². The third-order valence-corrected chi connectivity index (χ3v) is 4.23. The van der Waals surface area contributed by atoms with Gasteiger partial charge in [-0.2, -0.15) is 0 Å². The quantitative estimate of drug-likeness (QED) is 0.226. The first-order chi connectivity index (χ1) is 12.3. The van der Waals surface area contributed by atoms with Gasteiger partial charge in [0, 0.05) is 13.5 Å². The van der Waals surface area contributed by atoms with Crippen molar-refractivity contribution in [3.8, 4) is 0 Å². The number of carboxylic acid groups (broad SMARTS) is 1. The molecule has 0 aliphatic carbocycles. The standard InChI is InChI=1S/C16H31NO3.C3H8O3.Na/c1-4-5-6-7-8-9-10-11-12-13-15(18)17(3)14(2)16(19)20;4-1-3(6)2-5;/h14H,4-13H2,1-3H3,(H,19,20);3-6H,1-2H2;/q;;+1/p-1/t14-;;/m0../s1. The first-order valence-corrected chi connectivity index (χ1v) is 9.68. The molecule has 0 aromatic carbocycles. The van der Waals surface area contributed by atoms with Crippen LogP contribution in [0.15, 0.2) is 0 Å². The van der Waals surface area contributed by atoms with E-state index < -0.39 is 18.1 Å². The Balaban J connectivity index is -0.000000709. The van der Waals surface area contributed by atoms with Crippen molar-refractivity contribution in [1.82, 2.24) is 4.90 Å². The summed E-state index contributed by atoms with van der Waals surface area (Å²) >= 11 is 0. The molecule has 0 bridgehead atoms. The normalized spacial score (nSPS) is 11.2. The minimum Gasteiger partial charge on any atom is -0.548 e. The molecular weight excluding hydrogens is 361 g/mol. The van der Waals surface area contributed by atoms with Gasteiger partial charge in [0.2, 0.25) is 5.91 Å². The van der Waals surface area contributed by atoms with Gasteiger partial charge in [0.1, 0.15) is 6.10 Å². The fourth-order valence-corrected chi connectivity index (χ4v) is 2.20. The van der Waals surface area contributed by atoms with Crippen LogP contribution in [0.2, 0.25) is 0 Å². The molecule has 0 radical (unpaired) electrons. The minimum absolute atomic E-state index is 0. The maximum atomic E-state index is 11.7. The van der Waals surface area contributed by atoms with Gasteiger partial charge in [-0.05, 0) is 13.3 Å². The number of unbranched alkanes of at least 4 members (excludes halogenated alkanes) is 8. The Bertz CT molecular complexity index is 353. The molecule has 27 heavy (non-hydrogen) atoms. The van der Waals surface area contributed by atoms with E-state index in [1.807, 2.05) is 0 Å². The van der Waals surface area contributed by atoms with Crippen LogP contribution in [0.1, 0.15) is 78.1 Å².